The summed E-state index contributed by atoms with van der Waals surface area (Å²) in [6.45, 7) is 5.83. The molecule has 0 amide bonds. The van der Waals surface area contributed by atoms with E-state index in [-0.39, 0.29) is 5.84 Å². The molecule has 5 nitrogen and oxygen atoms in total. The van der Waals surface area contributed by atoms with Gasteiger partial charge in [0.05, 0.1) is 11.3 Å². The SMILES string of the molecule is Cc1ccnc(-n2cnc(C)c2C)c1C(=N)N. The topological polar surface area (TPSA) is 80.6 Å². The van der Waals surface area contributed by atoms with Crippen LogP contribution in [0.1, 0.15) is 22.5 Å². The van der Waals surface area contributed by atoms with Crippen LogP contribution in [0.25, 0.3) is 5.82 Å². The lowest BCUT2D eigenvalue weighted by atomic mass is 10.1. The third-order valence-electron chi connectivity index (χ3n) is 2.89. The van der Waals surface area contributed by atoms with Gasteiger partial charge in [0.25, 0.3) is 0 Å². The van der Waals surface area contributed by atoms with Crippen molar-refractivity contribution >= 4 is 5.84 Å². The summed E-state index contributed by atoms with van der Waals surface area (Å²) in [5, 5.41) is 7.65. The molecular formula is C12H15N5. The summed E-state index contributed by atoms with van der Waals surface area (Å²) in [5.41, 5.74) is 9.17. The molecule has 2 aromatic rings. The normalized spacial score (nSPS) is 10.5. The van der Waals surface area contributed by atoms with Crippen molar-refractivity contribution in [2.75, 3.05) is 0 Å². The number of nitrogen functional groups attached to an aromatic ring is 1. The van der Waals surface area contributed by atoms with Gasteiger partial charge < -0.3 is 5.73 Å². The van der Waals surface area contributed by atoms with Crippen LogP contribution in [-0.2, 0) is 0 Å². The Bertz CT molecular complexity index is 583. The smallest absolute Gasteiger partial charge is 0.149 e. The van der Waals surface area contributed by atoms with E-state index in [0.717, 1.165) is 17.0 Å². The zero-order chi connectivity index (χ0) is 12.6. The van der Waals surface area contributed by atoms with E-state index in [1.807, 2.05) is 31.4 Å². The molecule has 0 radical (unpaired) electrons. The molecule has 3 N–H and O–H groups in total. The highest BCUT2D eigenvalue weighted by atomic mass is 15.1. The summed E-state index contributed by atoms with van der Waals surface area (Å²) < 4.78 is 1.86. The Morgan fingerprint density at radius 1 is 1.29 bits per heavy atom. The maximum absolute atomic E-state index is 7.65. The van der Waals surface area contributed by atoms with Crippen molar-refractivity contribution in [2.45, 2.75) is 20.8 Å². The largest absolute Gasteiger partial charge is 0.384 e. The second-order valence-electron chi connectivity index (χ2n) is 4.03. The number of aryl methyl sites for hydroxylation is 2. The van der Waals surface area contributed by atoms with Crippen LogP contribution in [0.3, 0.4) is 0 Å². The van der Waals surface area contributed by atoms with E-state index in [1.165, 1.54) is 0 Å². The van der Waals surface area contributed by atoms with E-state index in [1.54, 1.807) is 12.5 Å². The van der Waals surface area contributed by atoms with E-state index < -0.39 is 0 Å². The number of aromatic nitrogens is 3. The average Bonchev–Trinajstić information content (AvgIpc) is 2.59. The van der Waals surface area contributed by atoms with Crippen LogP contribution < -0.4 is 5.73 Å². The van der Waals surface area contributed by atoms with Crippen LogP contribution in [-0.4, -0.2) is 20.4 Å². The number of amidine groups is 1. The minimum absolute atomic E-state index is 0.0244. The Labute approximate surface area is 99.8 Å². The van der Waals surface area contributed by atoms with Crippen molar-refractivity contribution in [3.8, 4) is 5.82 Å². The van der Waals surface area contributed by atoms with Gasteiger partial charge in [-0.3, -0.25) is 9.98 Å². The third-order valence-corrected chi connectivity index (χ3v) is 2.89. The fourth-order valence-electron chi connectivity index (χ4n) is 1.77. The Hall–Kier alpha value is -2.17. The Morgan fingerprint density at radius 2 is 2.00 bits per heavy atom. The summed E-state index contributed by atoms with van der Waals surface area (Å²) >= 11 is 0. The zero-order valence-electron chi connectivity index (χ0n) is 10.2. The molecule has 0 bridgehead atoms. The van der Waals surface area contributed by atoms with E-state index in [9.17, 15) is 0 Å². The molecule has 0 fully saturated rings. The predicted molar refractivity (Wildman–Crippen MR) is 66.6 cm³/mol. The number of hydrogen-bond donors (Lipinski definition) is 2. The molecule has 5 heteroatoms. The first-order valence-electron chi connectivity index (χ1n) is 5.33. The molecule has 88 valence electrons. The van der Waals surface area contributed by atoms with Crippen LogP contribution in [0.15, 0.2) is 18.6 Å². The van der Waals surface area contributed by atoms with Crippen LogP contribution in [0, 0.1) is 26.2 Å². The molecule has 0 aliphatic carbocycles. The summed E-state index contributed by atoms with van der Waals surface area (Å²) in [6.07, 6.45) is 3.42. The van der Waals surface area contributed by atoms with Gasteiger partial charge in [0.1, 0.15) is 18.0 Å². The third kappa shape index (κ3) is 1.80. The van der Waals surface area contributed by atoms with E-state index in [2.05, 4.69) is 9.97 Å². The van der Waals surface area contributed by atoms with Crippen molar-refractivity contribution in [3.05, 3.63) is 41.1 Å². The maximum atomic E-state index is 7.65. The Balaban J connectivity index is 2.72. The molecule has 0 saturated heterocycles. The Morgan fingerprint density at radius 3 is 2.53 bits per heavy atom. The molecule has 0 aliphatic heterocycles. The molecule has 2 heterocycles. The molecule has 0 atom stereocenters. The number of nitrogens with two attached hydrogens (primary N) is 1. The molecule has 2 aromatic heterocycles. The summed E-state index contributed by atoms with van der Waals surface area (Å²) in [7, 11) is 0. The second kappa shape index (κ2) is 4.01. The van der Waals surface area contributed by atoms with Gasteiger partial charge in [-0.2, -0.15) is 0 Å². The number of pyridine rings is 1. The lowest BCUT2D eigenvalue weighted by Gasteiger charge is -2.12. The van der Waals surface area contributed by atoms with Crippen molar-refractivity contribution < 1.29 is 0 Å². The molecule has 0 spiro atoms. The van der Waals surface area contributed by atoms with E-state index >= 15 is 0 Å². The number of rotatable bonds is 2. The minimum Gasteiger partial charge on any atom is -0.384 e. The van der Waals surface area contributed by atoms with Crippen molar-refractivity contribution in [2.24, 2.45) is 5.73 Å². The minimum atomic E-state index is 0.0244. The fourth-order valence-corrected chi connectivity index (χ4v) is 1.77. The number of nitrogens with one attached hydrogen (secondary N) is 1. The van der Waals surface area contributed by atoms with Gasteiger partial charge >= 0.3 is 0 Å². The monoisotopic (exact) mass is 229 g/mol. The van der Waals surface area contributed by atoms with Crippen LogP contribution in [0.4, 0.5) is 0 Å². The van der Waals surface area contributed by atoms with Crippen molar-refractivity contribution in [1.29, 1.82) is 5.41 Å². The highest BCUT2D eigenvalue weighted by molar-refractivity contribution is 5.99. The highest BCUT2D eigenvalue weighted by Gasteiger charge is 2.14. The zero-order valence-corrected chi connectivity index (χ0v) is 10.2. The first kappa shape index (κ1) is 11.3. The maximum Gasteiger partial charge on any atom is 0.149 e. The molecule has 0 aliphatic rings. The average molecular weight is 229 g/mol. The number of hydrogen-bond acceptors (Lipinski definition) is 3. The number of imidazole rings is 1. The van der Waals surface area contributed by atoms with Gasteiger partial charge in [-0.1, -0.05) is 0 Å². The molecular weight excluding hydrogens is 214 g/mol. The van der Waals surface area contributed by atoms with Gasteiger partial charge in [0.2, 0.25) is 0 Å². The first-order valence-corrected chi connectivity index (χ1v) is 5.33. The van der Waals surface area contributed by atoms with Crippen LogP contribution >= 0.6 is 0 Å². The molecule has 2 rings (SSSR count). The van der Waals surface area contributed by atoms with Gasteiger partial charge in [0.15, 0.2) is 0 Å². The van der Waals surface area contributed by atoms with Crippen LogP contribution in [0.2, 0.25) is 0 Å². The predicted octanol–water partition coefficient (Wildman–Crippen LogP) is 1.48. The van der Waals surface area contributed by atoms with E-state index in [4.69, 9.17) is 11.1 Å². The van der Waals surface area contributed by atoms with Crippen molar-refractivity contribution in [1.82, 2.24) is 14.5 Å². The summed E-state index contributed by atoms with van der Waals surface area (Å²) in [5.74, 6) is 0.687. The standard InChI is InChI=1S/C12H15N5/c1-7-4-5-15-12(10(7)11(13)14)17-6-16-8(2)9(17)3/h4-6H,1-3H3,(H3,13,14). The Kier molecular flexibility index (Phi) is 2.67. The molecule has 0 unspecified atom stereocenters. The number of nitrogens with zero attached hydrogens (tertiary/aromatic N) is 3. The lowest BCUT2D eigenvalue weighted by molar-refractivity contribution is 0.941. The quantitative estimate of drug-likeness (QED) is 0.604. The highest BCUT2D eigenvalue weighted by Crippen LogP contribution is 2.18. The van der Waals surface area contributed by atoms with E-state index in [0.29, 0.717) is 11.4 Å². The van der Waals surface area contributed by atoms with Gasteiger partial charge in [-0.15, -0.1) is 0 Å². The fraction of sp³-hybridized carbons (Fsp3) is 0.250. The second-order valence-corrected chi connectivity index (χ2v) is 4.03. The first-order chi connectivity index (χ1) is 8.02. The molecule has 0 saturated carbocycles. The van der Waals surface area contributed by atoms with Crippen LogP contribution in [0.5, 0.6) is 0 Å². The van der Waals surface area contributed by atoms with Crippen molar-refractivity contribution in [3.63, 3.8) is 0 Å². The summed E-state index contributed by atoms with van der Waals surface area (Å²) in [4.78, 5) is 8.54. The van der Waals surface area contributed by atoms with Gasteiger partial charge in [0, 0.05) is 11.9 Å². The van der Waals surface area contributed by atoms with Gasteiger partial charge in [-0.05, 0) is 32.4 Å². The summed E-state index contributed by atoms with van der Waals surface area (Å²) in [6, 6.07) is 1.85. The van der Waals surface area contributed by atoms with Gasteiger partial charge in [-0.25, -0.2) is 9.97 Å². The molecule has 0 aromatic carbocycles. The lowest BCUT2D eigenvalue weighted by Crippen LogP contribution is -2.17. The molecule has 17 heavy (non-hydrogen) atoms.